The summed E-state index contributed by atoms with van der Waals surface area (Å²) in [6, 6.07) is 7.77. The number of halogens is 1. The van der Waals surface area contributed by atoms with Gasteiger partial charge in [0.25, 0.3) is 0 Å². The van der Waals surface area contributed by atoms with E-state index in [2.05, 4.69) is 17.6 Å². The average molecular weight is 295 g/mol. The van der Waals surface area contributed by atoms with E-state index in [-0.39, 0.29) is 5.91 Å². The lowest BCUT2D eigenvalue weighted by molar-refractivity contribution is -0.115. The summed E-state index contributed by atoms with van der Waals surface area (Å²) in [5.41, 5.74) is 0.676. The highest BCUT2D eigenvalue weighted by molar-refractivity contribution is 6.33. The molecule has 4 heteroatoms. The molecule has 2 atom stereocenters. The number of rotatable bonds is 4. The van der Waals surface area contributed by atoms with E-state index in [0.29, 0.717) is 23.3 Å². The summed E-state index contributed by atoms with van der Waals surface area (Å²) >= 11 is 6.02. The lowest BCUT2D eigenvalue weighted by atomic mass is 10.0. The van der Waals surface area contributed by atoms with E-state index in [0.717, 1.165) is 5.92 Å². The van der Waals surface area contributed by atoms with Crippen molar-refractivity contribution in [3.63, 3.8) is 0 Å². The maximum absolute atomic E-state index is 11.9. The van der Waals surface area contributed by atoms with Crippen LogP contribution in [0.5, 0.6) is 0 Å². The zero-order chi connectivity index (χ0) is 14.4. The molecule has 0 saturated heterocycles. The van der Waals surface area contributed by atoms with Crippen molar-refractivity contribution < 1.29 is 4.79 Å². The van der Waals surface area contributed by atoms with Crippen LogP contribution < -0.4 is 10.6 Å². The van der Waals surface area contributed by atoms with Gasteiger partial charge in [-0.1, -0.05) is 43.5 Å². The molecule has 3 nitrogen and oxygen atoms in total. The SMILES string of the molecule is CC1CCCC(NCC(=O)Nc2ccccc2Cl)CC1. The molecular weight excluding hydrogens is 272 g/mol. The first-order valence-corrected chi connectivity index (χ1v) is 7.80. The zero-order valence-corrected chi connectivity index (χ0v) is 12.7. The Morgan fingerprint density at radius 3 is 2.85 bits per heavy atom. The molecule has 0 aliphatic heterocycles. The number of carbonyl (C=O) groups is 1. The molecule has 1 amide bonds. The fourth-order valence-electron chi connectivity index (χ4n) is 2.69. The first-order chi connectivity index (χ1) is 9.65. The van der Waals surface area contributed by atoms with Gasteiger partial charge in [-0.05, 0) is 37.3 Å². The van der Waals surface area contributed by atoms with E-state index in [9.17, 15) is 4.79 Å². The van der Waals surface area contributed by atoms with Gasteiger partial charge in [0, 0.05) is 6.04 Å². The number of amides is 1. The van der Waals surface area contributed by atoms with Gasteiger partial charge < -0.3 is 10.6 Å². The monoisotopic (exact) mass is 294 g/mol. The molecule has 2 rings (SSSR count). The smallest absolute Gasteiger partial charge is 0.238 e. The Labute approximate surface area is 126 Å². The summed E-state index contributed by atoms with van der Waals surface area (Å²) in [4.78, 5) is 11.9. The highest BCUT2D eigenvalue weighted by atomic mass is 35.5. The molecule has 1 fully saturated rings. The first kappa shape index (κ1) is 15.3. The summed E-state index contributed by atoms with van der Waals surface area (Å²) in [6.07, 6.45) is 6.16. The normalized spacial score (nSPS) is 23.1. The Bertz CT molecular complexity index is 450. The molecule has 2 N–H and O–H groups in total. The third-order valence-electron chi connectivity index (χ3n) is 3.96. The van der Waals surface area contributed by atoms with Crippen molar-refractivity contribution in [2.75, 3.05) is 11.9 Å². The highest BCUT2D eigenvalue weighted by Crippen LogP contribution is 2.23. The summed E-state index contributed by atoms with van der Waals surface area (Å²) in [6.45, 7) is 2.66. The van der Waals surface area contributed by atoms with Gasteiger partial charge in [0.1, 0.15) is 0 Å². The molecule has 0 spiro atoms. The maximum Gasteiger partial charge on any atom is 0.238 e. The predicted molar refractivity (Wildman–Crippen MR) is 84.1 cm³/mol. The van der Waals surface area contributed by atoms with Crippen molar-refractivity contribution in [2.24, 2.45) is 5.92 Å². The van der Waals surface area contributed by atoms with Crippen LogP contribution in [0.2, 0.25) is 5.02 Å². The third-order valence-corrected chi connectivity index (χ3v) is 4.29. The molecule has 20 heavy (non-hydrogen) atoms. The van der Waals surface area contributed by atoms with E-state index < -0.39 is 0 Å². The molecule has 2 unspecified atom stereocenters. The standard InChI is InChI=1S/C16H23ClN2O/c1-12-5-4-6-13(10-9-12)18-11-16(20)19-15-8-3-2-7-14(15)17/h2-3,7-8,12-13,18H,4-6,9-11H2,1H3,(H,19,20). The largest absolute Gasteiger partial charge is 0.324 e. The Hall–Kier alpha value is -1.06. The van der Waals surface area contributed by atoms with E-state index in [4.69, 9.17) is 11.6 Å². The molecular formula is C16H23ClN2O. The van der Waals surface area contributed by atoms with Crippen LogP contribution in [-0.2, 0) is 4.79 Å². The average Bonchev–Trinajstić information content (AvgIpc) is 2.64. The summed E-state index contributed by atoms with van der Waals surface area (Å²) in [5.74, 6) is 0.786. The molecule has 1 aromatic rings. The van der Waals surface area contributed by atoms with Crippen LogP contribution in [-0.4, -0.2) is 18.5 Å². The van der Waals surface area contributed by atoms with Crippen LogP contribution in [0.25, 0.3) is 0 Å². The van der Waals surface area contributed by atoms with Crippen LogP contribution in [0.4, 0.5) is 5.69 Å². The van der Waals surface area contributed by atoms with E-state index >= 15 is 0 Å². The van der Waals surface area contributed by atoms with E-state index in [1.165, 1.54) is 32.1 Å². The fraction of sp³-hybridized carbons (Fsp3) is 0.562. The molecule has 1 aliphatic rings. The molecule has 0 radical (unpaired) electrons. The molecule has 1 saturated carbocycles. The zero-order valence-electron chi connectivity index (χ0n) is 12.0. The summed E-state index contributed by atoms with van der Waals surface area (Å²) in [7, 11) is 0. The third kappa shape index (κ3) is 4.80. The van der Waals surface area contributed by atoms with E-state index in [1.54, 1.807) is 6.07 Å². The number of anilines is 1. The van der Waals surface area contributed by atoms with E-state index in [1.807, 2.05) is 18.2 Å². The van der Waals surface area contributed by atoms with Gasteiger partial charge >= 0.3 is 0 Å². The minimum atomic E-state index is -0.0320. The molecule has 1 aromatic carbocycles. The minimum Gasteiger partial charge on any atom is -0.324 e. The van der Waals surface area contributed by atoms with Crippen LogP contribution in [0.1, 0.15) is 39.0 Å². The second-order valence-corrected chi connectivity index (χ2v) is 6.13. The second-order valence-electron chi connectivity index (χ2n) is 5.72. The Balaban J connectivity index is 1.76. The number of hydrogen-bond acceptors (Lipinski definition) is 2. The molecule has 0 aromatic heterocycles. The number of hydrogen-bond donors (Lipinski definition) is 2. The van der Waals surface area contributed by atoms with Crippen molar-refractivity contribution in [1.82, 2.24) is 5.32 Å². The quantitative estimate of drug-likeness (QED) is 0.829. The van der Waals surface area contributed by atoms with Crippen LogP contribution in [0.15, 0.2) is 24.3 Å². The van der Waals surface area contributed by atoms with Gasteiger partial charge in [-0.2, -0.15) is 0 Å². The van der Waals surface area contributed by atoms with Gasteiger partial charge in [0.05, 0.1) is 17.3 Å². The molecule has 110 valence electrons. The number of carbonyl (C=O) groups excluding carboxylic acids is 1. The van der Waals surface area contributed by atoms with Gasteiger partial charge in [-0.3, -0.25) is 4.79 Å². The molecule has 0 heterocycles. The van der Waals surface area contributed by atoms with Gasteiger partial charge in [-0.15, -0.1) is 0 Å². The van der Waals surface area contributed by atoms with Gasteiger partial charge in [0.2, 0.25) is 5.91 Å². The molecule has 0 bridgehead atoms. The summed E-state index contributed by atoms with van der Waals surface area (Å²) in [5, 5.41) is 6.78. The van der Waals surface area contributed by atoms with Crippen LogP contribution in [0.3, 0.4) is 0 Å². The van der Waals surface area contributed by atoms with Crippen molar-refractivity contribution in [3.8, 4) is 0 Å². The Kier molecular flexibility index (Phi) is 5.86. The lowest BCUT2D eigenvalue weighted by Crippen LogP contribution is -2.35. The van der Waals surface area contributed by atoms with Crippen molar-refractivity contribution in [2.45, 2.75) is 45.1 Å². The minimum absolute atomic E-state index is 0.0320. The van der Waals surface area contributed by atoms with Crippen LogP contribution in [0, 0.1) is 5.92 Å². The highest BCUT2D eigenvalue weighted by Gasteiger charge is 2.16. The number of nitrogens with one attached hydrogen (secondary N) is 2. The van der Waals surface area contributed by atoms with Gasteiger partial charge in [0.15, 0.2) is 0 Å². The number of para-hydroxylation sites is 1. The second kappa shape index (κ2) is 7.65. The van der Waals surface area contributed by atoms with Crippen molar-refractivity contribution in [1.29, 1.82) is 0 Å². The fourth-order valence-corrected chi connectivity index (χ4v) is 2.87. The number of benzene rings is 1. The van der Waals surface area contributed by atoms with Crippen molar-refractivity contribution in [3.05, 3.63) is 29.3 Å². The molecule has 1 aliphatic carbocycles. The maximum atomic E-state index is 11.9. The van der Waals surface area contributed by atoms with Crippen LogP contribution >= 0.6 is 11.6 Å². The van der Waals surface area contributed by atoms with Gasteiger partial charge in [-0.25, -0.2) is 0 Å². The lowest BCUT2D eigenvalue weighted by Gasteiger charge is -2.16. The van der Waals surface area contributed by atoms with Crippen molar-refractivity contribution >= 4 is 23.2 Å². The first-order valence-electron chi connectivity index (χ1n) is 7.43. The topological polar surface area (TPSA) is 41.1 Å². The Morgan fingerprint density at radius 1 is 1.25 bits per heavy atom. The summed E-state index contributed by atoms with van der Waals surface area (Å²) < 4.78 is 0. The predicted octanol–water partition coefficient (Wildman–Crippen LogP) is 3.84. The Morgan fingerprint density at radius 2 is 2.05 bits per heavy atom.